The Bertz CT molecular complexity index is 897. The van der Waals surface area contributed by atoms with Crippen molar-refractivity contribution in [3.05, 3.63) is 48.4 Å². The van der Waals surface area contributed by atoms with Crippen molar-refractivity contribution in [2.75, 3.05) is 43.4 Å². The number of hydrogen-bond acceptors (Lipinski definition) is 5. The Morgan fingerprint density at radius 1 is 1.12 bits per heavy atom. The van der Waals surface area contributed by atoms with E-state index in [1.165, 1.54) is 6.33 Å². The molecule has 1 fully saturated rings. The summed E-state index contributed by atoms with van der Waals surface area (Å²) >= 11 is 0. The average Bonchev–Trinajstić information content (AvgIpc) is 3.10. The summed E-state index contributed by atoms with van der Waals surface area (Å²) in [6, 6.07) is 9.35. The molecule has 128 valence electrons. The van der Waals surface area contributed by atoms with Gasteiger partial charge in [-0.15, -0.1) is 0 Å². The van der Waals surface area contributed by atoms with Crippen LogP contribution in [0.5, 0.6) is 0 Å². The predicted octanol–water partition coefficient (Wildman–Crippen LogP) is 1.96. The van der Waals surface area contributed by atoms with Crippen LogP contribution in [-0.2, 0) is 0 Å². The topological polar surface area (TPSA) is 77.1 Å². The SMILES string of the molecule is CN1CCN(c2cc(NC(=O)c3ccc4[nH]ccc4c3)ncn2)CC1. The third kappa shape index (κ3) is 3.32. The highest BCUT2D eigenvalue weighted by atomic mass is 16.1. The third-order valence-corrected chi connectivity index (χ3v) is 4.54. The maximum atomic E-state index is 12.5. The first-order valence-electron chi connectivity index (χ1n) is 8.33. The van der Waals surface area contributed by atoms with Gasteiger partial charge in [0.05, 0.1) is 0 Å². The van der Waals surface area contributed by atoms with Crippen LogP contribution in [0.3, 0.4) is 0 Å². The van der Waals surface area contributed by atoms with E-state index in [-0.39, 0.29) is 5.91 Å². The molecular weight excluding hydrogens is 316 g/mol. The molecule has 1 aromatic carbocycles. The molecule has 0 bridgehead atoms. The van der Waals surface area contributed by atoms with Gasteiger partial charge in [-0.2, -0.15) is 0 Å². The van der Waals surface area contributed by atoms with E-state index in [9.17, 15) is 4.79 Å². The Morgan fingerprint density at radius 3 is 2.80 bits per heavy atom. The van der Waals surface area contributed by atoms with Crippen LogP contribution >= 0.6 is 0 Å². The quantitative estimate of drug-likeness (QED) is 0.765. The lowest BCUT2D eigenvalue weighted by atomic mass is 10.1. The highest BCUT2D eigenvalue weighted by Crippen LogP contribution is 2.18. The predicted molar refractivity (Wildman–Crippen MR) is 98.0 cm³/mol. The van der Waals surface area contributed by atoms with E-state index in [4.69, 9.17) is 0 Å². The number of carbonyl (C=O) groups excluding carboxylic acids is 1. The van der Waals surface area contributed by atoms with Gasteiger partial charge in [0.15, 0.2) is 0 Å². The van der Waals surface area contributed by atoms with E-state index in [2.05, 4.69) is 37.1 Å². The molecule has 3 aromatic rings. The van der Waals surface area contributed by atoms with Gasteiger partial charge in [-0.05, 0) is 31.3 Å². The molecule has 25 heavy (non-hydrogen) atoms. The largest absolute Gasteiger partial charge is 0.361 e. The number of amides is 1. The first-order valence-corrected chi connectivity index (χ1v) is 8.33. The summed E-state index contributed by atoms with van der Waals surface area (Å²) in [7, 11) is 2.12. The van der Waals surface area contributed by atoms with Gasteiger partial charge in [0.1, 0.15) is 18.0 Å². The van der Waals surface area contributed by atoms with Crippen LogP contribution in [0.2, 0.25) is 0 Å². The Balaban J connectivity index is 1.50. The van der Waals surface area contributed by atoms with Gasteiger partial charge >= 0.3 is 0 Å². The van der Waals surface area contributed by atoms with Crippen molar-refractivity contribution in [2.45, 2.75) is 0 Å². The number of piperazine rings is 1. The zero-order valence-corrected chi connectivity index (χ0v) is 14.1. The summed E-state index contributed by atoms with van der Waals surface area (Å²) in [5.41, 5.74) is 1.61. The van der Waals surface area contributed by atoms with Crippen LogP contribution in [0.1, 0.15) is 10.4 Å². The molecule has 1 aliphatic heterocycles. The van der Waals surface area contributed by atoms with Crippen LogP contribution in [-0.4, -0.2) is 59.0 Å². The number of H-pyrrole nitrogens is 1. The Labute approximate surface area is 145 Å². The van der Waals surface area contributed by atoms with Crippen LogP contribution in [0.25, 0.3) is 10.9 Å². The molecule has 1 aliphatic rings. The maximum absolute atomic E-state index is 12.5. The second kappa shape index (κ2) is 6.52. The highest BCUT2D eigenvalue weighted by Gasteiger charge is 2.16. The number of carbonyl (C=O) groups is 1. The minimum Gasteiger partial charge on any atom is -0.361 e. The molecule has 4 rings (SSSR count). The van der Waals surface area contributed by atoms with Gasteiger partial charge in [-0.25, -0.2) is 9.97 Å². The lowest BCUT2D eigenvalue weighted by Crippen LogP contribution is -2.44. The molecule has 7 nitrogen and oxygen atoms in total. The molecular formula is C18H20N6O. The Morgan fingerprint density at radius 2 is 1.96 bits per heavy atom. The number of hydrogen-bond donors (Lipinski definition) is 2. The number of aromatic amines is 1. The maximum Gasteiger partial charge on any atom is 0.256 e. The fourth-order valence-electron chi connectivity index (χ4n) is 3.01. The number of nitrogens with one attached hydrogen (secondary N) is 2. The van der Waals surface area contributed by atoms with Crippen molar-refractivity contribution < 1.29 is 4.79 Å². The second-order valence-corrected chi connectivity index (χ2v) is 6.29. The standard InChI is InChI=1S/C18H20N6O/c1-23-6-8-24(9-7-23)17-11-16(20-12-21-17)22-18(25)14-2-3-15-13(10-14)4-5-19-15/h2-5,10-12,19H,6-9H2,1H3,(H,20,21,22,25). The summed E-state index contributed by atoms with van der Waals surface area (Å²) in [6.45, 7) is 3.85. The van der Waals surface area contributed by atoms with Crippen molar-refractivity contribution in [3.63, 3.8) is 0 Å². The van der Waals surface area contributed by atoms with Crippen molar-refractivity contribution >= 4 is 28.4 Å². The molecule has 7 heteroatoms. The minimum absolute atomic E-state index is 0.175. The monoisotopic (exact) mass is 336 g/mol. The molecule has 0 radical (unpaired) electrons. The van der Waals surface area contributed by atoms with Gasteiger partial charge in [-0.3, -0.25) is 4.79 Å². The second-order valence-electron chi connectivity index (χ2n) is 6.29. The molecule has 3 heterocycles. The number of aromatic nitrogens is 3. The molecule has 2 aromatic heterocycles. The molecule has 0 aliphatic carbocycles. The molecule has 0 saturated carbocycles. The molecule has 0 atom stereocenters. The van der Waals surface area contributed by atoms with Gasteiger partial charge < -0.3 is 20.1 Å². The van der Waals surface area contributed by atoms with E-state index in [0.29, 0.717) is 11.4 Å². The van der Waals surface area contributed by atoms with Crippen LogP contribution in [0, 0.1) is 0 Å². The number of likely N-dealkylation sites (N-methyl/N-ethyl adjacent to an activating group) is 1. The number of rotatable bonds is 3. The minimum atomic E-state index is -0.175. The van der Waals surface area contributed by atoms with Gasteiger partial charge in [0, 0.05) is 54.9 Å². The highest BCUT2D eigenvalue weighted by molar-refractivity contribution is 6.05. The summed E-state index contributed by atoms with van der Waals surface area (Å²) < 4.78 is 0. The van der Waals surface area contributed by atoms with E-state index >= 15 is 0 Å². The van der Waals surface area contributed by atoms with E-state index in [1.54, 1.807) is 6.07 Å². The summed E-state index contributed by atoms with van der Waals surface area (Å²) in [5, 5.41) is 3.87. The summed E-state index contributed by atoms with van der Waals surface area (Å²) in [4.78, 5) is 28.7. The lowest BCUT2D eigenvalue weighted by Gasteiger charge is -2.33. The Kier molecular flexibility index (Phi) is 4.07. The number of fused-ring (bicyclic) bond motifs is 1. The van der Waals surface area contributed by atoms with Crippen molar-refractivity contribution in [1.29, 1.82) is 0 Å². The van der Waals surface area contributed by atoms with Crippen molar-refractivity contribution in [2.24, 2.45) is 0 Å². The van der Waals surface area contributed by atoms with Crippen molar-refractivity contribution in [1.82, 2.24) is 19.9 Å². The molecule has 2 N–H and O–H groups in total. The number of nitrogens with zero attached hydrogens (tertiary/aromatic N) is 4. The first-order chi connectivity index (χ1) is 12.2. The van der Waals surface area contributed by atoms with Crippen LogP contribution < -0.4 is 10.2 Å². The van der Waals surface area contributed by atoms with Crippen LogP contribution in [0.4, 0.5) is 11.6 Å². The number of anilines is 2. The lowest BCUT2D eigenvalue weighted by molar-refractivity contribution is 0.102. The molecule has 0 unspecified atom stereocenters. The third-order valence-electron chi connectivity index (χ3n) is 4.54. The number of benzene rings is 1. The normalized spacial score (nSPS) is 15.5. The van der Waals surface area contributed by atoms with E-state index in [0.717, 1.165) is 42.9 Å². The molecule has 1 amide bonds. The Hall–Kier alpha value is -2.93. The van der Waals surface area contributed by atoms with Crippen LogP contribution in [0.15, 0.2) is 42.9 Å². The fourth-order valence-corrected chi connectivity index (χ4v) is 3.01. The fraction of sp³-hybridized carbons (Fsp3) is 0.278. The summed E-state index contributed by atoms with van der Waals surface area (Å²) in [6.07, 6.45) is 3.36. The summed E-state index contributed by atoms with van der Waals surface area (Å²) in [5.74, 6) is 1.19. The van der Waals surface area contributed by atoms with Gasteiger partial charge in [0.2, 0.25) is 0 Å². The zero-order chi connectivity index (χ0) is 17.2. The average molecular weight is 336 g/mol. The zero-order valence-electron chi connectivity index (χ0n) is 14.1. The molecule has 0 spiro atoms. The van der Waals surface area contributed by atoms with Crippen molar-refractivity contribution in [3.8, 4) is 0 Å². The first kappa shape index (κ1) is 15.6. The van der Waals surface area contributed by atoms with Gasteiger partial charge in [0.25, 0.3) is 5.91 Å². The van der Waals surface area contributed by atoms with E-state index in [1.807, 2.05) is 30.5 Å². The smallest absolute Gasteiger partial charge is 0.256 e. The van der Waals surface area contributed by atoms with Gasteiger partial charge in [-0.1, -0.05) is 0 Å². The van der Waals surface area contributed by atoms with E-state index < -0.39 is 0 Å². The molecule has 1 saturated heterocycles.